The lowest BCUT2D eigenvalue weighted by Gasteiger charge is -2.09. The first-order valence-corrected chi connectivity index (χ1v) is 10.2. The van der Waals surface area contributed by atoms with Gasteiger partial charge in [-0.1, -0.05) is 47.6 Å². The second-order valence-corrected chi connectivity index (χ2v) is 7.63. The second kappa shape index (κ2) is 8.39. The number of hydrogen-bond donors (Lipinski definition) is 2. The van der Waals surface area contributed by atoms with Gasteiger partial charge in [-0.25, -0.2) is 4.98 Å². The molecule has 0 unspecified atom stereocenters. The molecule has 2 aromatic carbocycles. The third-order valence-corrected chi connectivity index (χ3v) is 5.63. The zero-order chi connectivity index (χ0) is 20.2. The molecule has 0 spiro atoms. The quantitative estimate of drug-likeness (QED) is 0.420. The Hall–Kier alpha value is -3.27. The third kappa shape index (κ3) is 4.27. The molecule has 1 amide bonds. The molecular formula is C22H15ClN4OS. The molecule has 2 heterocycles. The molecule has 0 saturated heterocycles. The molecule has 0 aliphatic carbocycles. The van der Waals surface area contributed by atoms with Crippen LogP contribution in [0.1, 0.15) is 5.56 Å². The first-order valence-electron chi connectivity index (χ1n) is 8.80. The maximum Gasteiger partial charge on any atom is 0.234 e. The summed E-state index contributed by atoms with van der Waals surface area (Å²) in [5, 5.41) is 14.4. The van der Waals surface area contributed by atoms with E-state index in [1.165, 1.54) is 11.8 Å². The lowest BCUT2D eigenvalue weighted by molar-refractivity contribution is -0.113. The van der Waals surface area contributed by atoms with Gasteiger partial charge in [-0.3, -0.25) is 4.79 Å². The van der Waals surface area contributed by atoms with Crippen molar-refractivity contribution in [1.82, 2.24) is 9.97 Å². The molecule has 4 aromatic rings. The molecule has 0 saturated carbocycles. The highest BCUT2D eigenvalue weighted by Crippen LogP contribution is 2.29. The van der Waals surface area contributed by atoms with Gasteiger partial charge >= 0.3 is 0 Å². The molecule has 0 aliphatic heterocycles. The van der Waals surface area contributed by atoms with Crippen LogP contribution in [0.15, 0.2) is 71.9 Å². The number of nitrogens with one attached hydrogen (secondary N) is 2. The summed E-state index contributed by atoms with van der Waals surface area (Å²) in [6.07, 6.45) is 1.85. The first kappa shape index (κ1) is 19.1. The molecule has 5 nitrogen and oxygen atoms in total. The van der Waals surface area contributed by atoms with Gasteiger partial charge in [0.05, 0.1) is 17.0 Å². The highest BCUT2D eigenvalue weighted by molar-refractivity contribution is 8.00. The fourth-order valence-corrected chi connectivity index (χ4v) is 3.92. The van der Waals surface area contributed by atoms with Gasteiger partial charge in [0.2, 0.25) is 5.91 Å². The predicted molar refractivity (Wildman–Crippen MR) is 117 cm³/mol. The van der Waals surface area contributed by atoms with E-state index < -0.39 is 0 Å². The van der Waals surface area contributed by atoms with Crippen LogP contribution in [-0.2, 0) is 4.79 Å². The van der Waals surface area contributed by atoms with Crippen LogP contribution >= 0.6 is 23.4 Å². The SMILES string of the molecule is N#Cc1ccc(-c2ccccc2Cl)nc1SCC(=O)Nc1ccc2cc[nH]c2c1. The highest BCUT2D eigenvalue weighted by atomic mass is 35.5. The summed E-state index contributed by atoms with van der Waals surface area (Å²) in [7, 11) is 0. The number of anilines is 1. The van der Waals surface area contributed by atoms with E-state index in [4.69, 9.17) is 11.6 Å². The summed E-state index contributed by atoms with van der Waals surface area (Å²) in [6.45, 7) is 0. The molecule has 2 aromatic heterocycles. The van der Waals surface area contributed by atoms with Crippen LogP contribution in [0.4, 0.5) is 5.69 Å². The molecule has 29 heavy (non-hydrogen) atoms. The van der Waals surface area contributed by atoms with Crippen molar-refractivity contribution in [2.24, 2.45) is 0 Å². The zero-order valence-corrected chi connectivity index (χ0v) is 16.7. The largest absolute Gasteiger partial charge is 0.361 e. The monoisotopic (exact) mass is 418 g/mol. The molecule has 4 rings (SSSR count). The highest BCUT2D eigenvalue weighted by Gasteiger charge is 2.12. The minimum atomic E-state index is -0.172. The van der Waals surface area contributed by atoms with Gasteiger partial charge in [0.1, 0.15) is 11.1 Å². The van der Waals surface area contributed by atoms with Crippen LogP contribution < -0.4 is 5.32 Å². The molecule has 0 fully saturated rings. The van der Waals surface area contributed by atoms with E-state index in [2.05, 4.69) is 21.4 Å². The lowest BCUT2D eigenvalue weighted by Crippen LogP contribution is -2.14. The predicted octanol–water partition coefficient (Wildman–Crippen LogP) is 5.49. The Morgan fingerprint density at radius 3 is 2.86 bits per heavy atom. The smallest absolute Gasteiger partial charge is 0.234 e. The van der Waals surface area contributed by atoms with Crippen LogP contribution in [0.5, 0.6) is 0 Å². The number of thioether (sulfide) groups is 1. The second-order valence-electron chi connectivity index (χ2n) is 6.26. The van der Waals surface area contributed by atoms with Crippen molar-refractivity contribution in [2.75, 3.05) is 11.1 Å². The van der Waals surface area contributed by atoms with Gasteiger partial charge in [0, 0.05) is 28.0 Å². The standard InChI is InChI=1S/C22H15ClN4OS/c23-18-4-2-1-3-17(18)19-8-6-15(12-24)22(27-19)29-13-21(28)26-16-7-5-14-9-10-25-20(14)11-16/h1-11,25H,13H2,(H,26,28). The Balaban J connectivity index is 1.49. The van der Waals surface area contributed by atoms with Crippen LogP contribution in [-0.4, -0.2) is 21.6 Å². The van der Waals surface area contributed by atoms with Gasteiger partial charge < -0.3 is 10.3 Å². The van der Waals surface area contributed by atoms with Gasteiger partial charge in [0.25, 0.3) is 0 Å². The zero-order valence-electron chi connectivity index (χ0n) is 15.1. The number of H-pyrrole nitrogens is 1. The Kier molecular flexibility index (Phi) is 5.52. The Labute approximate surface area is 176 Å². The van der Waals surface area contributed by atoms with Crippen LogP contribution in [0.25, 0.3) is 22.2 Å². The third-order valence-electron chi connectivity index (χ3n) is 4.31. The number of rotatable bonds is 5. The van der Waals surface area contributed by atoms with Crippen molar-refractivity contribution in [3.05, 3.63) is 77.4 Å². The number of fused-ring (bicyclic) bond motifs is 1. The Morgan fingerprint density at radius 2 is 2.03 bits per heavy atom. The van der Waals surface area contributed by atoms with Crippen LogP contribution in [0.3, 0.4) is 0 Å². The average Bonchev–Trinajstić information content (AvgIpc) is 3.20. The number of benzene rings is 2. The summed E-state index contributed by atoms with van der Waals surface area (Å²) in [5.74, 6) is -0.0362. The number of aromatic amines is 1. The van der Waals surface area contributed by atoms with E-state index in [9.17, 15) is 10.1 Å². The number of amides is 1. The normalized spacial score (nSPS) is 10.6. The molecule has 0 atom stereocenters. The molecule has 142 valence electrons. The summed E-state index contributed by atoms with van der Waals surface area (Å²) in [6, 6.07) is 20.6. The van der Waals surface area contributed by atoms with Crippen LogP contribution in [0.2, 0.25) is 5.02 Å². The van der Waals surface area contributed by atoms with E-state index in [1.54, 1.807) is 18.2 Å². The number of hydrogen-bond acceptors (Lipinski definition) is 4. The summed E-state index contributed by atoms with van der Waals surface area (Å²) < 4.78 is 0. The summed E-state index contributed by atoms with van der Waals surface area (Å²) in [4.78, 5) is 20.1. The first-order chi connectivity index (χ1) is 14.1. The lowest BCUT2D eigenvalue weighted by atomic mass is 10.1. The van der Waals surface area contributed by atoms with Crippen molar-refractivity contribution in [1.29, 1.82) is 5.26 Å². The van der Waals surface area contributed by atoms with Crippen molar-refractivity contribution >= 4 is 45.9 Å². The Morgan fingerprint density at radius 1 is 1.17 bits per heavy atom. The number of nitrogens with zero attached hydrogens (tertiary/aromatic N) is 2. The number of halogens is 1. The minimum Gasteiger partial charge on any atom is -0.361 e. The van der Waals surface area contributed by atoms with Gasteiger partial charge in [-0.05, 0) is 41.8 Å². The van der Waals surface area contributed by atoms with Crippen molar-refractivity contribution in [2.45, 2.75) is 5.03 Å². The van der Waals surface area contributed by atoms with E-state index in [0.717, 1.165) is 16.5 Å². The fourth-order valence-electron chi connectivity index (χ4n) is 2.91. The van der Waals surface area contributed by atoms with E-state index >= 15 is 0 Å². The Bertz CT molecular complexity index is 1250. The maximum atomic E-state index is 12.4. The number of pyridine rings is 1. The van der Waals surface area contributed by atoms with E-state index in [-0.39, 0.29) is 11.7 Å². The molecule has 0 bridgehead atoms. The number of aromatic nitrogens is 2. The number of carbonyl (C=O) groups is 1. The van der Waals surface area contributed by atoms with Gasteiger partial charge in [0.15, 0.2) is 0 Å². The van der Waals surface area contributed by atoms with Crippen molar-refractivity contribution in [3.63, 3.8) is 0 Å². The topological polar surface area (TPSA) is 81.6 Å². The maximum absolute atomic E-state index is 12.4. The molecular weight excluding hydrogens is 404 g/mol. The molecule has 2 N–H and O–H groups in total. The number of carbonyl (C=O) groups excluding carboxylic acids is 1. The van der Waals surface area contributed by atoms with E-state index in [1.807, 2.05) is 48.7 Å². The number of nitriles is 1. The average molecular weight is 419 g/mol. The van der Waals surface area contributed by atoms with Crippen molar-refractivity contribution < 1.29 is 4.79 Å². The van der Waals surface area contributed by atoms with Crippen molar-refractivity contribution in [3.8, 4) is 17.3 Å². The molecule has 7 heteroatoms. The van der Waals surface area contributed by atoms with Gasteiger partial charge in [-0.2, -0.15) is 5.26 Å². The van der Waals surface area contributed by atoms with E-state index in [0.29, 0.717) is 27.0 Å². The summed E-state index contributed by atoms with van der Waals surface area (Å²) in [5.41, 5.74) is 3.53. The minimum absolute atomic E-state index is 0.135. The van der Waals surface area contributed by atoms with Crippen LogP contribution in [0, 0.1) is 11.3 Å². The fraction of sp³-hybridized carbons (Fsp3) is 0.0455. The van der Waals surface area contributed by atoms with Gasteiger partial charge in [-0.15, -0.1) is 0 Å². The molecule has 0 aliphatic rings. The summed E-state index contributed by atoms with van der Waals surface area (Å²) >= 11 is 7.48. The molecule has 0 radical (unpaired) electrons.